The van der Waals surface area contributed by atoms with Crippen LogP contribution in [0, 0.1) is 5.92 Å². The molecular formula is C23H26N4O5. The number of carbonyl (C=O) groups is 2. The number of ether oxygens (including phenoxy) is 2. The van der Waals surface area contributed by atoms with Crippen molar-refractivity contribution in [3.05, 3.63) is 48.0 Å². The highest BCUT2D eigenvalue weighted by atomic mass is 16.5. The van der Waals surface area contributed by atoms with Gasteiger partial charge in [0.15, 0.2) is 5.84 Å². The molecule has 168 valence electrons. The molecule has 2 aromatic carbocycles. The van der Waals surface area contributed by atoms with Crippen LogP contribution in [-0.2, 0) is 16.0 Å². The molecule has 0 aromatic heterocycles. The number of fused-ring (bicyclic) bond motifs is 3. The first kappa shape index (κ1) is 21.6. The first-order chi connectivity index (χ1) is 15.4. The maximum atomic E-state index is 12.2. The fraction of sp³-hybridized carbons (Fsp3) is 0.348. The average Bonchev–Trinajstić information content (AvgIpc) is 2.73. The maximum absolute atomic E-state index is 12.2. The molecule has 1 amide bonds. The summed E-state index contributed by atoms with van der Waals surface area (Å²) < 4.78 is 12.1. The fourth-order valence-electron chi connectivity index (χ4n) is 3.77. The lowest BCUT2D eigenvalue weighted by molar-refractivity contribution is -0.134. The Kier molecular flexibility index (Phi) is 6.27. The lowest BCUT2D eigenvalue weighted by Crippen LogP contribution is -2.55. The largest absolute Gasteiger partial charge is 0.483 e. The number of hydrogen-bond donors (Lipinski definition) is 3. The molecule has 1 fully saturated rings. The number of nitrogens with zero attached hydrogens (tertiary/aromatic N) is 2. The van der Waals surface area contributed by atoms with Crippen molar-refractivity contribution in [2.75, 3.05) is 24.6 Å². The van der Waals surface area contributed by atoms with E-state index in [1.54, 1.807) is 0 Å². The lowest BCUT2D eigenvalue weighted by atomic mass is 9.93. The van der Waals surface area contributed by atoms with Crippen LogP contribution in [0.25, 0.3) is 0 Å². The third-order valence-electron chi connectivity index (χ3n) is 5.44. The van der Waals surface area contributed by atoms with Gasteiger partial charge in [-0.2, -0.15) is 5.10 Å². The molecule has 3 aliphatic heterocycles. The predicted octanol–water partition coefficient (Wildman–Crippen LogP) is 2.36. The van der Waals surface area contributed by atoms with Crippen LogP contribution in [0.4, 0.5) is 5.69 Å². The minimum absolute atomic E-state index is 0.119. The van der Waals surface area contributed by atoms with Crippen molar-refractivity contribution >= 4 is 23.4 Å². The Balaban J connectivity index is 0.000000567. The van der Waals surface area contributed by atoms with Gasteiger partial charge in [-0.15, -0.1) is 0 Å². The molecule has 0 saturated carbocycles. The molecule has 5 rings (SSSR count). The molecule has 3 aliphatic rings. The van der Waals surface area contributed by atoms with Gasteiger partial charge in [-0.25, -0.2) is 5.43 Å². The van der Waals surface area contributed by atoms with Crippen molar-refractivity contribution in [2.24, 2.45) is 11.0 Å². The Morgan fingerprint density at radius 3 is 2.66 bits per heavy atom. The van der Waals surface area contributed by atoms with Gasteiger partial charge in [0.25, 0.3) is 11.9 Å². The molecule has 0 bridgehead atoms. The SMILES string of the molecule is CC(=O)O.CC1C(=O)NN=C2COc3cc(Oc4ccccc4)c(CC4CNC4)cc3N21. The standard InChI is InChI=1S/C21H22N4O3.C2H4O2/c1-13-21(26)24-23-20-12-27-19-9-18(28-16-5-3-2-4-6-16)15(7-14-10-22-11-14)8-17(19)25(13)20;1-2(3)4/h2-6,8-9,13-14,22H,7,10-12H2,1H3,(H,24,26);1H3,(H,3,4). The second-order valence-corrected chi connectivity index (χ2v) is 7.93. The van der Waals surface area contributed by atoms with E-state index in [1.807, 2.05) is 48.2 Å². The Morgan fingerprint density at radius 2 is 2.00 bits per heavy atom. The number of para-hydroxylation sites is 1. The summed E-state index contributed by atoms with van der Waals surface area (Å²) in [6, 6.07) is 13.5. The molecule has 1 atom stereocenters. The number of amides is 1. The summed E-state index contributed by atoms with van der Waals surface area (Å²) in [5.74, 6) is 2.64. The number of hydrogen-bond acceptors (Lipinski definition) is 7. The molecule has 3 N–H and O–H groups in total. The summed E-state index contributed by atoms with van der Waals surface area (Å²) in [5, 5.41) is 14.9. The van der Waals surface area contributed by atoms with Gasteiger partial charge in [-0.1, -0.05) is 18.2 Å². The zero-order valence-electron chi connectivity index (χ0n) is 18.0. The summed E-state index contributed by atoms with van der Waals surface area (Å²) in [5.41, 5.74) is 4.54. The number of aliphatic carboxylic acids is 1. The molecule has 0 radical (unpaired) electrons. The normalized spacial score (nSPS) is 19.1. The van der Waals surface area contributed by atoms with Crippen LogP contribution in [0.3, 0.4) is 0 Å². The Bertz CT molecular complexity index is 1030. The van der Waals surface area contributed by atoms with E-state index < -0.39 is 5.97 Å². The average molecular weight is 438 g/mol. The number of anilines is 1. The topological polar surface area (TPSA) is 112 Å². The lowest BCUT2D eigenvalue weighted by Gasteiger charge is -2.38. The fourth-order valence-corrected chi connectivity index (χ4v) is 3.77. The zero-order valence-corrected chi connectivity index (χ0v) is 18.0. The molecule has 0 aliphatic carbocycles. The van der Waals surface area contributed by atoms with E-state index in [9.17, 15) is 4.79 Å². The first-order valence-corrected chi connectivity index (χ1v) is 10.5. The van der Waals surface area contributed by atoms with Crippen LogP contribution in [0.1, 0.15) is 19.4 Å². The highest BCUT2D eigenvalue weighted by Gasteiger charge is 2.36. The minimum atomic E-state index is -0.833. The van der Waals surface area contributed by atoms with Gasteiger partial charge in [0.2, 0.25) is 0 Å². The third-order valence-corrected chi connectivity index (χ3v) is 5.44. The van der Waals surface area contributed by atoms with Crippen LogP contribution in [-0.4, -0.2) is 48.6 Å². The van der Waals surface area contributed by atoms with Crippen LogP contribution in [0.2, 0.25) is 0 Å². The zero-order chi connectivity index (χ0) is 22.7. The van der Waals surface area contributed by atoms with Gasteiger partial charge in [-0.05, 0) is 56.1 Å². The van der Waals surface area contributed by atoms with Crippen LogP contribution in [0.15, 0.2) is 47.6 Å². The molecule has 0 spiro atoms. The van der Waals surface area contributed by atoms with Gasteiger partial charge in [0, 0.05) is 13.0 Å². The Hall–Kier alpha value is -3.59. The first-order valence-electron chi connectivity index (χ1n) is 10.5. The molecule has 2 aromatic rings. The molecular weight excluding hydrogens is 412 g/mol. The van der Waals surface area contributed by atoms with E-state index in [4.69, 9.17) is 19.4 Å². The monoisotopic (exact) mass is 438 g/mol. The predicted molar refractivity (Wildman–Crippen MR) is 119 cm³/mol. The summed E-state index contributed by atoms with van der Waals surface area (Å²) in [4.78, 5) is 23.1. The number of hydrazone groups is 1. The summed E-state index contributed by atoms with van der Waals surface area (Å²) in [6.45, 7) is 5.29. The molecule has 9 heteroatoms. The third kappa shape index (κ3) is 4.67. The second-order valence-electron chi connectivity index (χ2n) is 7.93. The number of carboxylic acids is 1. The number of rotatable bonds is 4. The number of carbonyl (C=O) groups excluding carboxylic acids is 1. The highest BCUT2D eigenvalue weighted by Crippen LogP contribution is 2.42. The molecule has 3 heterocycles. The summed E-state index contributed by atoms with van der Waals surface area (Å²) in [7, 11) is 0. The van der Waals surface area contributed by atoms with E-state index >= 15 is 0 Å². The van der Waals surface area contributed by atoms with E-state index in [2.05, 4.69) is 21.9 Å². The van der Waals surface area contributed by atoms with Crippen LogP contribution < -0.4 is 25.1 Å². The Morgan fingerprint density at radius 1 is 1.28 bits per heavy atom. The van der Waals surface area contributed by atoms with Crippen molar-refractivity contribution in [1.82, 2.24) is 10.7 Å². The van der Waals surface area contributed by atoms with Gasteiger partial charge in [0.1, 0.15) is 29.9 Å². The number of amidine groups is 1. The molecule has 1 unspecified atom stereocenters. The van der Waals surface area contributed by atoms with Gasteiger partial charge in [-0.3, -0.25) is 9.59 Å². The molecule has 9 nitrogen and oxygen atoms in total. The molecule has 1 saturated heterocycles. The number of benzene rings is 2. The van der Waals surface area contributed by atoms with Crippen molar-refractivity contribution in [3.8, 4) is 17.2 Å². The van der Waals surface area contributed by atoms with Crippen LogP contribution in [0.5, 0.6) is 17.2 Å². The van der Waals surface area contributed by atoms with Gasteiger partial charge < -0.3 is 24.8 Å². The summed E-state index contributed by atoms with van der Waals surface area (Å²) >= 11 is 0. The van der Waals surface area contributed by atoms with E-state index in [1.165, 1.54) is 0 Å². The quantitative estimate of drug-likeness (QED) is 0.672. The van der Waals surface area contributed by atoms with E-state index in [0.717, 1.165) is 49.2 Å². The number of nitrogens with one attached hydrogen (secondary N) is 2. The summed E-state index contributed by atoms with van der Waals surface area (Å²) in [6.07, 6.45) is 0.906. The van der Waals surface area contributed by atoms with Crippen molar-refractivity contribution < 1.29 is 24.2 Å². The molecule has 32 heavy (non-hydrogen) atoms. The van der Waals surface area contributed by atoms with Gasteiger partial charge >= 0.3 is 0 Å². The van der Waals surface area contributed by atoms with Crippen molar-refractivity contribution in [3.63, 3.8) is 0 Å². The van der Waals surface area contributed by atoms with Crippen LogP contribution >= 0.6 is 0 Å². The van der Waals surface area contributed by atoms with Crippen molar-refractivity contribution in [1.29, 1.82) is 0 Å². The highest BCUT2D eigenvalue weighted by molar-refractivity contribution is 6.09. The minimum Gasteiger partial charge on any atom is -0.483 e. The number of carboxylic acid groups (broad SMARTS) is 1. The van der Waals surface area contributed by atoms with Gasteiger partial charge in [0.05, 0.1) is 5.69 Å². The van der Waals surface area contributed by atoms with E-state index in [0.29, 0.717) is 24.1 Å². The van der Waals surface area contributed by atoms with Crippen molar-refractivity contribution in [2.45, 2.75) is 26.3 Å². The van der Waals surface area contributed by atoms with E-state index in [-0.39, 0.29) is 11.9 Å². The second kappa shape index (κ2) is 9.27. The maximum Gasteiger partial charge on any atom is 0.300 e. The smallest absolute Gasteiger partial charge is 0.300 e. The Labute approximate surface area is 186 Å².